The molecular formula is C17H22N2O5S. The number of nitrogens with zero attached hydrogens (tertiary/aromatic N) is 1. The Morgan fingerprint density at radius 3 is 2.64 bits per heavy atom. The lowest BCUT2D eigenvalue weighted by Gasteiger charge is -2.09. The number of hydrogen-bond donors (Lipinski definition) is 2. The van der Waals surface area contributed by atoms with Crippen LogP contribution in [-0.2, 0) is 26.2 Å². The van der Waals surface area contributed by atoms with Crippen LogP contribution in [0.15, 0.2) is 30.5 Å². The Balaban J connectivity index is 2.16. The van der Waals surface area contributed by atoms with Crippen molar-refractivity contribution < 1.29 is 23.1 Å². The molecule has 2 N–H and O–H groups in total. The minimum atomic E-state index is -3.39. The van der Waals surface area contributed by atoms with E-state index in [-0.39, 0.29) is 30.9 Å². The first-order chi connectivity index (χ1) is 11.8. The minimum Gasteiger partial charge on any atom is -0.481 e. The van der Waals surface area contributed by atoms with Crippen molar-refractivity contribution in [1.29, 1.82) is 0 Å². The van der Waals surface area contributed by atoms with Gasteiger partial charge in [-0.2, -0.15) is 0 Å². The predicted octanol–water partition coefficient (Wildman–Crippen LogP) is 2.62. The summed E-state index contributed by atoms with van der Waals surface area (Å²) in [6, 6.07) is 6.98. The van der Waals surface area contributed by atoms with Crippen LogP contribution in [0.2, 0.25) is 0 Å². The fourth-order valence-corrected chi connectivity index (χ4v) is 3.72. The summed E-state index contributed by atoms with van der Waals surface area (Å²) < 4.78 is 28.3. The molecule has 25 heavy (non-hydrogen) atoms. The average molecular weight is 366 g/mol. The van der Waals surface area contributed by atoms with Gasteiger partial charge in [-0.25, -0.2) is 8.42 Å². The zero-order valence-corrected chi connectivity index (χ0v) is 14.9. The van der Waals surface area contributed by atoms with Gasteiger partial charge in [-0.3, -0.25) is 14.3 Å². The highest BCUT2D eigenvalue weighted by molar-refractivity contribution is 7.92. The molecule has 0 aliphatic heterocycles. The molecule has 7 nitrogen and oxygen atoms in total. The number of fused-ring (bicyclic) bond motifs is 1. The highest BCUT2D eigenvalue weighted by Gasteiger charge is 2.12. The van der Waals surface area contributed by atoms with Crippen molar-refractivity contribution in [2.24, 2.45) is 0 Å². The van der Waals surface area contributed by atoms with Crippen LogP contribution < -0.4 is 4.72 Å². The Morgan fingerprint density at radius 2 is 1.96 bits per heavy atom. The van der Waals surface area contributed by atoms with Crippen molar-refractivity contribution >= 4 is 38.4 Å². The van der Waals surface area contributed by atoms with Crippen molar-refractivity contribution in [2.45, 2.75) is 39.2 Å². The monoisotopic (exact) mass is 366 g/mol. The van der Waals surface area contributed by atoms with Crippen LogP contribution in [0.1, 0.15) is 32.6 Å². The largest absolute Gasteiger partial charge is 0.481 e. The SMILES string of the molecule is CCCCS(=O)(=O)Nc1ccc2ccn(CC(=O)CCC(=O)O)c2c1. The number of ketones is 1. The molecular weight excluding hydrogens is 344 g/mol. The van der Waals surface area contributed by atoms with E-state index in [1.54, 1.807) is 29.0 Å². The molecule has 1 heterocycles. The summed E-state index contributed by atoms with van der Waals surface area (Å²) in [6.45, 7) is 1.98. The number of aromatic nitrogens is 1. The third kappa shape index (κ3) is 5.60. The molecule has 0 aliphatic rings. The Labute approximate surface area is 146 Å². The number of nitrogens with one attached hydrogen (secondary N) is 1. The molecule has 136 valence electrons. The number of carboxylic acids is 1. The maximum absolute atomic E-state index is 12.0. The summed E-state index contributed by atoms with van der Waals surface area (Å²) in [6.07, 6.45) is 2.89. The number of carboxylic acid groups (broad SMARTS) is 1. The molecule has 8 heteroatoms. The van der Waals surface area contributed by atoms with Gasteiger partial charge >= 0.3 is 5.97 Å². The fourth-order valence-electron chi connectivity index (χ4n) is 2.47. The average Bonchev–Trinajstić information content (AvgIpc) is 2.93. The number of carbonyl (C=O) groups is 2. The molecule has 0 saturated carbocycles. The maximum atomic E-state index is 12.0. The lowest BCUT2D eigenvalue weighted by Crippen LogP contribution is -2.16. The van der Waals surface area contributed by atoms with Gasteiger partial charge in [-0.15, -0.1) is 0 Å². The van der Waals surface area contributed by atoms with Gasteiger partial charge < -0.3 is 9.67 Å². The first-order valence-corrected chi connectivity index (χ1v) is 9.79. The number of rotatable bonds is 10. The third-order valence-electron chi connectivity index (χ3n) is 3.78. The number of anilines is 1. The van der Waals surface area contributed by atoms with E-state index in [0.29, 0.717) is 12.1 Å². The summed E-state index contributed by atoms with van der Waals surface area (Å²) in [7, 11) is -3.39. The third-order valence-corrected chi connectivity index (χ3v) is 5.15. The summed E-state index contributed by atoms with van der Waals surface area (Å²) in [5.41, 5.74) is 1.17. The number of unbranched alkanes of at least 4 members (excludes halogenated alkanes) is 1. The molecule has 0 unspecified atom stereocenters. The zero-order chi connectivity index (χ0) is 18.4. The molecule has 0 amide bonds. The van der Waals surface area contributed by atoms with Crippen molar-refractivity contribution in [3.63, 3.8) is 0 Å². The molecule has 2 rings (SSSR count). The lowest BCUT2D eigenvalue weighted by atomic mass is 10.2. The first-order valence-electron chi connectivity index (χ1n) is 8.13. The second-order valence-electron chi connectivity index (χ2n) is 5.92. The maximum Gasteiger partial charge on any atom is 0.303 e. The first kappa shape index (κ1) is 19.0. The van der Waals surface area contributed by atoms with E-state index in [0.717, 1.165) is 17.3 Å². The van der Waals surface area contributed by atoms with Gasteiger partial charge in [0.1, 0.15) is 0 Å². The van der Waals surface area contributed by atoms with E-state index in [4.69, 9.17) is 5.11 Å². The number of carbonyl (C=O) groups excluding carboxylic acids is 1. The van der Waals surface area contributed by atoms with E-state index >= 15 is 0 Å². The summed E-state index contributed by atoms with van der Waals surface area (Å²) in [4.78, 5) is 22.4. The lowest BCUT2D eigenvalue weighted by molar-refractivity contribution is -0.138. The molecule has 2 aromatic rings. The molecule has 0 radical (unpaired) electrons. The molecule has 1 aromatic carbocycles. The Hall–Kier alpha value is -2.35. The second kappa shape index (κ2) is 8.15. The Bertz CT molecular complexity index is 870. The number of Topliss-reactive ketones (excluding diaryl/α,β-unsaturated/α-hetero) is 1. The molecule has 0 saturated heterocycles. The highest BCUT2D eigenvalue weighted by Crippen LogP contribution is 2.22. The van der Waals surface area contributed by atoms with E-state index < -0.39 is 16.0 Å². The van der Waals surface area contributed by atoms with Crippen LogP contribution in [0.25, 0.3) is 10.9 Å². The number of sulfonamides is 1. The van der Waals surface area contributed by atoms with Crippen LogP contribution in [0.5, 0.6) is 0 Å². The smallest absolute Gasteiger partial charge is 0.303 e. The van der Waals surface area contributed by atoms with Gasteiger partial charge in [-0.05, 0) is 30.0 Å². The number of aliphatic carboxylic acids is 1. The normalized spacial score (nSPS) is 11.6. The number of hydrogen-bond acceptors (Lipinski definition) is 4. The van der Waals surface area contributed by atoms with E-state index in [1.165, 1.54) is 0 Å². The van der Waals surface area contributed by atoms with Gasteiger partial charge in [0.15, 0.2) is 5.78 Å². The quantitative estimate of drug-likeness (QED) is 0.672. The summed E-state index contributed by atoms with van der Waals surface area (Å²) in [5, 5.41) is 9.52. The van der Waals surface area contributed by atoms with E-state index in [1.807, 2.05) is 13.0 Å². The van der Waals surface area contributed by atoms with E-state index in [2.05, 4.69) is 4.72 Å². The van der Waals surface area contributed by atoms with Crippen LogP contribution >= 0.6 is 0 Å². The van der Waals surface area contributed by atoms with Gasteiger partial charge in [0, 0.05) is 12.6 Å². The van der Waals surface area contributed by atoms with Gasteiger partial charge in [0.2, 0.25) is 10.0 Å². The van der Waals surface area contributed by atoms with Crippen molar-refractivity contribution in [3.8, 4) is 0 Å². The van der Waals surface area contributed by atoms with Gasteiger partial charge in [-0.1, -0.05) is 19.4 Å². The molecule has 0 aliphatic carbocycles. The Morgan fingerprint density at radius 1 is 1.20 bits per heavy atom. The standard InChI is InChI=1S/C17H22N2O5S/c1-2-3-10-25(23,24)18-14-5-4-13-8-9-19(16(13)11-14)12-15(20)6-7-17(21)22/h4-5,8-9,11,18H,2-3,6-7,10,12H2,1H3,(H,21,22). The fraction of sp³-hybridized carbons (Fsp3) is 0.412. The van der Waals surface area contributed by atoms with Crippen molar-refractivity contribution in [3.05, 3.63) is 30.5 Å². The summed E-state index contributed by atoms with van der Waals surface area (Å²) in [5.74, 6) is -1.13. The van der Waals surface area contributed by atoms with E-state index in [9.17, 15) is 18.0 Å². The zero-order valence-electron chi connectivity index (χ0n) is 14.1. The molecule has 0 spiro atoms. The van der Waals surface area contributed by atoms with Crippen LogP contribution in [0, 0.1) is 0 Å². The number of benzene rings is 1. The molecule has 0 bridgehead atoms. The van der Waals surface area contributed by atoms with Crippen LogP contribution in [-0.4, -0.2) is 35.6 Å². The Kier molecular flexibility index (Phi) is 6.19. The predicted molar refractivity (Wildman–Crippen MR) is 96.1 cm³/mol. The second-order valence-corrected chi connectivity index (χ2v) is 7.77. The highest BCUT2D eigenvalue weighted by atomic mass is 32.2. The van der Waals surface area contributed by atoms with Gasteiger partial charge in [0.05, 0.1) is 29.9 Å². The van der Waals surface area contributed by atoms with Crippen LogP contribution in [0.4, 0.5) is 5.69 Å². The van der Waals surface area contributed by atoms with Crippen molar-refractivity contribution in [2.75, 3.05) is 10.5 Å². The summed E-state index contributed by atoms with van der Waals surface area (Å²) >= 11 is 0. The molecule has 0 fully saturated rings. The van der Waals surface area contributed by atoms with Crippen molar-refractivity contribution in [1.82, 2.24) is 4.57 Å². The van der Waals surface area contributed by atoms with Gasteiger partial charge in [0.25, 0.3) is 0 Å². The topological polar surface area (TPSA) is 105 Å². The van der Waals surface area contributed by atoms with Crippen LogP contribution in [0.3, 0.4) is 0 Å². The molecule has 1 aromatic heterocycles. The minimum absolute atomic E-state index is 0.0294. The molecule has 0 atom stereocenters.